The zero-order valence-corrected chi connectivity index (χ0v) is 15.9. The van der Waals surface area contributed by atoms with Crippen molar-refractivity contribution in [2.45, 2.75) is 31.3 Å². The van der Waals surface area contributed by atoms with Crippen LogP contribution in [-0.4, -0.2) is 27.7 Å². The maximum atomic E-state index is 11.2. The van der Waals surface area contributed by atoms with Gasteiger partial charge in [-0.25, -0.2) is 9.78 Å². The number of hydrogen-bond acceptors (Lipinski definition) is 4. The number of carboxylic acids is 1. The van der Waals surface area contributed by atoms with Crippen LogP contribution >= 0.6 is 11.8 Å². The van der Waals surface area contributed by atoms with Crippen molar-refractivity contribution in [3.63, 3.8) is 0 Å². The molecular weight excluding hydrogens is 348 g/mol. The smallest absolute Gasteiger partial charge is 0.335 e. The molecule has 136 valence electrons. The highest BCUT2D eigenvalue weighted by atomic mass is 32.2. The molecule has 3 aromatic rings. The summed E-state index contributed by atoms with van der Waals surface area (Å²) in [4.78, 5) is 15.9. The van der Waals surface area contributed by atoms with Crippen LogP contribution in [0.25, 0.3) is 11.0 Å². The average molecular weight is 370 g/mol. The van der Waals surface area contributed by atoms with Crippen LogP contribution in [0.1, 0.15) is 29.8 Å². The first-order valence-electron chi connectivity index (χ1n) is 8.47. The summed E-state index contributed by atoms with van der Waals surface area (Å²) in [6.45, 7) is 5.16. The summed E-state index contributed by atoms with van der Waals surface area (Å²) in [5.41, 5.74) is 3.11. The highest BCUT2D eigenvalue weighted by Crippen LogP contribution is 2.29. The van der Waals surface area contributed by atoms with Gasteiger partial charge in [-0.05, 0) is 41.8 Å². The molecule has 26 heavy (non-hydrogen) atoms. The largest absolute Gasteiger partial charge is 0.497 e. The number of carboxylic acid groups (broad SMARTS) is 1. The number of ether oxygens (including phenoxy) is 1. The fourth-order valence-electron chi connectivity index (χ4n) is 2.80. The van der Waals surface area contributed by atoms with E-state index in [1.54, 1.807) is 31.0 Å². The molecule has 2 aromatic carbocycles. The fourth-order valence-corrected chi connectivity index (χ4v) is 3.77. The number of aromatic nitrogens is 2. The Morgan fingerprint density at radius 1 is 1.27 bits per heavy atom. The quantitative estimate of drug-likeness (QED) is 0.611. The summed E-state index contributed by atoms with van der Waals surface area (Å²) >= 11 is 1.65. The van der Waals surface area contributed by atoms with Gasteiger partial charge in [-0.1, -0.05) is 37.7 Å². The lowest BCUT2D eigenvalue weighted by atomic mass is 10.2. The third kappa shape index (κ3) is 4.02. The van der Waals surface area contributed by atoms with E-state index < -0.39 is 5.97 Å². The van der Waals surface area contributed by atoms with Gasteiger partial charge in [0, 0.05) is 12.3 Å². The van der Waals surface area contributed by atoms with E-state index in [0.717, 1.165) is 39.8 Å². The van der Waals surface area contributed by atoms with E-state index in [1.165, 1.54) is 0 Å². The van der Waals surface area contributed by atoms with Crippen LogP contribution in [0.4, 0.5) is 0 Å². The Morgan fingerprint density at radius 3 is 2.77 bits per heavy atom. The number of fused-ring (bicyclic) bond motifs is 1. The molecule has 1 N–H and O–H groups in total. The summed E-state index contributed by atoms with van der Waals surface area (Å²) in [6, 6.07) is 13.1. The van der Waals surface area contributed by atoms with Crippen molar-refractivity contribution in [1.29, 1.82) is 0 Å². The van der Waals surface area contributed by atoms with Crippen molar-refractivity contribution in [3.05, 3.63) is 53.6 Å². The Morgan fingerprint density at radius 2 is 2.08 bits per heavy atom. The molecule has 0 amide bonds. The molecule has 1 heterocycles. The van der Waals surface area contributed by atoms with E-state index in [0.29, 0.717) is 5.92 Å². The van der Waals surface area contributed by atoms with Crippen molar-refractivity contribution in [2.75, 3.05) is 7.11 Å². The van der Waals surface area contributed by atoms with Gasteiger partial charge in [-0.2, -0.15) is 0 Å². The molecule has 5 nitrogen and oxygen atoms in total. The van der Waals surface area contributed by atoms with Gasteiger partial charge in [0.2, 0.25) is 0 Å². The molecule has 0 unspecified atom stereocenters. The van der Waals surface area contributed by atoms with Crippen LogP contribution in [0, 0.1) is 5.92 Å². The number of hydrogen-bond donors (Lipinski definition) is 1. The topological polar surface area (TPSA) is 64.3 Å². The third-order valence-corrected chi connectivity index (χ3v) is 5.06. The monoisotopic (exact) mass is 370 g/mol. The van der Waals surface area contributed by atoms with E-state index >= 15 is 0 Å². The van der Waals surface area contributed by atoms with Crippen LogP contribution in [0.3, 0.4) is 0 Å². The highest BCUT2D eigenvalue weighted by molar-refractivity contribution is 7.98. The van der Waals surface area contributed by atoms with Crippen molar-refractivity contribution >= 4 is 28.8 Å². The summed E-state index contributed by atoms with van der Waals surface area (Å²) in [7, 11) is 1.66. The molecule has 0 aliphatic carbocycles. The van der Waals surface area contributed by atoms with Crippen LogP contribution in [0.15, 0.2) is 47.6 Å². The second-order valence-corrected chi connectivity index (χ2v) is 7.49. The predicted molar refractivity (Wildman–Crippen MR) is 104 cm³/mol. The third-order valence-electron chi connectivity index (χ3n) is 4.01. The lowest BCUT2D eigenvalue weighted by Gasteiger charge is -2.11. The lowest BCUT2D eigenvalue weighted by molar-refractivity contribution is 0.0697. The van der Waals surface area contributed by atoms with Crippen molar-refractivity contribution in [1.82, 2.24) is 9.55 Å². The number of methoxy groups -OCH3 is 1. The van der Waals surface area contributed by atoms with Crippen LogP contribution in [-0.2, 0) is 12.3 Å². The second-order valence-electron chi connectivity index (χ2n) is 6.55. The Bertz CT molecular complexity index is 934. The first kappa shape index (κ1) is 18.3. The number of imidazole rings is 1. The first-order chi connectivity index (χ1) is 12.5. The van der Waals surface area contributed by atoms with E-state index in [-0.39, 0.29) is 5.56 Å². The summed E-state index contributed by atoms with van der Waals surface area (Å²) in [5.74, 6) is 1.13. The Labute approximate surface area is 157 Å². The predicted octanol–water partition coefficient (Wildman–Crippen LogP) is 4.69. The van der Waals surface area contributed by atoms with E-state index in [2.05, 4.69) is 24.5 Å². The second kappa shape index (κ2) is 7.83. The molecule has 0 spiro atoms. The fraction of sp³-hybridized carbons (Fsp3) is 0.300. The Hall–Kier alpha value is -2.47. The van der Waals surface area contributed by atoms with Crippen LogP contribution in [0.5, 0.6) is 5.75 Å². The molecule has 0 saturated heterocycles. The Kier molecular flexibility index (Phi) is 5.52. The van der Waals surface area contributed by atoms with Gasteiger partial charge in [0.25, 0.3) is 0 Å². The molecule has 6 heteroatoms. The number of carbonyl (C=O) groups is 1. The van der Waals surface area contributed by atoms with Gasteiger partial charge in [0.15, 0.2) is 5.16 Å². The maximum absolute atomic E-state index is 11.2. The minimum atomic E-state index is -0.934. The minimum Gasteiger partial charge on any atom is -0.497 e. The molecule has 0 aliphatic rings. The molecule has 0 aliphatic heterocycles. The van der Waals surface area contributed by atoms with Gasteiger partial charge < -0.3 is 14.4 Å². The van der Waals surface area contributed by atoms with Crippen molar-refractivity contribution in [2.24, 2.45) is 5.92 Å². The van der Waals surface area contributed by atoms with Gasteiger partial charge in [0.1, 0.15) is 5.75 Å². The van der Waals surface area contributed by atoms with Crippen molar-refractivity contribution < 1.29 is 14.6 Å². The number of benzene rings is 2. The van der Waals surface area contributed by atoms with E-state index in [9.17, 15) is 9.90 Å². The molecular formula is C20H22N2O3S. The molecule has 0 bridgehead atoms. The van der Waals surface area contributed by atoms with E-state index in [4.69, 9.17) is 9.72 Å². The summed E-state index contributed by atoms with van der Waals surface area (Å²) in [6.07, 6.45) is 0. The zero-order valence-electron chi connectivity index (χ0n) is 15.1. The zero-order chi connectivity index (χ0) is 18.7. The number of aromatic carboxylic acids is 1. The van der Waals surface area contributed by atoms with Crippen LogP contribution < -0.4 is 4.74 Å². The standard InChI is InChI=1S/C20H22N2O3S/c1-13(2)11-22-18-8-7-15(19(23)24)10-17(18)21-20(22)26-12-14-5-4-6-16(9-14)25-3/h4-10,13H,11-12H2,1-3H3,(H,23,24). The summed E-state index contributed by atoms with van der Waals surface area (Å²) in [5, 5.41) is 10.1. The molecule has 0 saturated carbocycles. The van der Waals surface area contributed by atoms with Gasteiger partial charge in [-0.15, -0.1) is 0 Å². The minimum absolute atomic E-state index is 0.260. The number of rotatable bonds is 7. The normalized spacial score (nSPS) is 11.2. The number of thioether (sulfide) groups is 1. The van der Waals surface area contributed by atoms with Crippen LogP contribution in [0.2, 0.25) is 0 Å². The molecule has 1 aromatic heterocycles. The first-order valence-corrected chi connectivity index (χ1v) is 9.46. The highest BCUT2D eigenvalue weighted by Gasteiger charge is 2.15. The summed E-state index contributed by atoms with van der Waals surface area (Å²) < 4.78 is 7.46. The molecule has 0 fully saturated rings. The van der Waals surface area contributed by atoms with Gasteiger partial charge in [-0.3, -0.25) is 0 Å². The molecule has 3 rings (SSSR count). The SMILES string of the molecule is COc1cccc(CSc2nc3cc(C(=O)O)ccc3n2CC(C)C)c1. The lowest BCUT2D eigenvalue weighted by Crippen LogP contribution is -2.06. The van der Waals surface area contributed by atoms with E-state index in [1.807, 2.05) is 24.3 Å². The van der Waals surface area contributed by atoms with Gasteiger partial charge in [0.05, 0.1) is 23.7 Å². The maximum Gasteiger partial charge on any atom is 0.335 e. The van der Waals surface area contributed by atoms with Gasteiger partial charge >= 0.3 is 5.97 Å². The van der Waals surface area contributed by atoms with Crippen molar-refractivity contribution in [3.8, 4) is 5.75 Å². The Balaban J connectivity index is 1.93. The molecule has 0 radical (unpaired) electrons. The molecule has 0 atom stereocenters. The number of nitrogens with zero attached hydrogens (tertiary/aromatic N) is 2. The average Bonchev–Trinajstić information content (AvgIpc) is 2.96.